The Bertz CT molecular complexity index is 1240. The molecule has 0 N–H and O–H groups in total. The number of nitrogens with zero attached hydrogens (tertiary/aromatic N) is 2. The van der Waals surface area contributed by atoms with Gasteiger partial charge in [-0.25, -0.2) is 0 Å². The summed E-state index contributed by atoms with van der Waals surface area (Å²) in [5.41, 5.74) is 1.44. The first-order chi connectivity index (χ1) is 24.8. The molecule has 0 fully saturated rings. The normalized spacial score (nSPS) is 12.5. The maximum absolute atomic E-state index is 10.5. The van der Waals surface area contributed by atoms with E-state index in [1.807, 2.05) is 30.3 Å². The van der Waals surface area contributed by atoms with Crippen molar-refractivity contribution < 1.29 is 47.4 Å². The Morgan fingerprint density at radius 1 is 0.627 bits per heavy atom. The molecule has 2 rings (SSSR count). The van der Waals surface area contributed by atoms with Gasteiger partial charge in [0.25, 0.3) is 0 Å². The van der Waals surface area contributed by atoms with Crippen LogP contribution in [-0.2, 0) is 40.3 Å². The smallest absolute Gasteiger partial charge is 0.161 e. The highest BCUT2D eigenvalue weighted by atomic mass is 16.6. The number of ether oxygens (including phenoxy) is 10. The largest absolute Gasteiger partial charge is 0.493 e. The Morgan fingerprint density at radius 3 is 1.61 bits per heavy atom. The molecule has 0 heterocycles. The molecule has 12 heteroatoms. The molecule has 0 saturated carbocycles. The van der Waals surface area contributed by atoms with Crippen molar-refractivity contribution in [3.63, 3.8) is 0 Å². The first-order valence-corrected chi connectivity index (χ1v) is 17.8. The highest BCUT2D eigenvalue weighted by Crippen LogP contribution is 2.40. The molecule has 51 heavy (non-hydrogen) atoms. The lowest BCUT2D eigenvalue weighted by Gasteiger charge is -2.32. The third-order valence-corrected chi connectivity index (χ3v) is 8.56. The second-order valence-corrected chi connectivity index (χ2v) is 12.4. The fraction of sp³-hybridized carbons (Fsp3) is 0.667. The van der Waals surface area contributed by atoms with Crippen molar-refractivity contribution in [1.82, 2.24) is 4.90 Å². The molecule has 0 aliphatic carbocycles. The Kier molecular flexibility index (Phi) is 23.0. The number of hydrogen-bond donors (Lipinski definition) is 0. The number of likely N-dealkylation sites (N-methyl/N-ethyl adjacent to an activating group) is 1. The van der Waals surface area contributed by atoms with Crippen LogP contribution in [0.1, 0.15) is 37.8 Å². The van der Waals surface area contributed by atoms with Gasteiger partial charge in [-0.15, -0.1) is 0 Å². The molecular weight excluding hydrogens is 656 g/mol. The van der Waals surface area contributed by atoms with Gasteiger partial charge in [0.15, 0.2) is 23.0 Å². The van der Waals surface area contributed by atoms with Gasteiger partial charge in [0, 0.05) is 20.8 Å². The van der Waals surface area contributed by atoms with Crippen molar-refractivity contribution in [2.45, 2.75) is 38.5 Å². The monoisotopic (exact) mass is 718 g/mol. The van der Waals surface area contributed by atoms with Crippen molar-refractivity contribution in [1.29, 1.82) is 5.26 Å². The third-order valence-electron chi connectivity index (χ3n) is 8.56. The van der Waals surface area contributed by atoms with E-state index in [0.717, 1.165) is 43.5 Å². The highest BCUT2D eigenvalue weighted by Gasteiger charge is 2.36. The average Bonchev–Trinajstić information content (AvgIpc) is 3.14. The minimum atomic E-state index is -0.662. The minimum absolute atomic E-state index is 0.101. The summed E-state index contributed by atoms with van der Waals surface area (Å²) in [6.07, 6.45) is 2.45. The zero-order valence-corrected chi connectivity index (χ0v) is 32.0. The van der Waals surface area contributed by atoms with Crippen LogP contribution in [0.15, 0.2) is 36.4 Å². The molecule has 1 atom stereocenters. The van der Waals surface area contributed by atoms with Crippen LogP contribution in [0.5, 0.6) is 23.0 Å². The maximum Gasteiger partial charge on any atom is 0.161 e. The van der Waals surface area contributed by atoms with E-state index in [9.17, 15) is 5.26 Å². The van der Waals surface area contributed by atoms with Crippen molar-refractivity contribution in [3.8, 4) is 29.1 Å². The van der Waals surface area contributed by atoms with Gasteiger partial charge in [-0.2, -0.15) is 5.26 Å². The second-order valence-electron chi connectivity index (χ2n) is 12.4. The zero-order chi connectivity index (χ0) is 37.2. The molecule has 0 aliphatic rings. The van der Waals surface area contributed by atoms with Gasteiger partial charge in [0.1, 0.15) is 13.2 Å². The molecule has 2 aromatic carbocycles. The molecule has 0 bridgehead atoms. The highest BCUT2D eigenvalue weighted by molar-refractivity contribution is 5.47. The number of hydrogen-bond acceptors (Lipinski definition) is 12. The Morgan fingerprint density at radius 2 is 1.12 bits per heavy atom. The van der Waals surface area contributed by atoms with Crippen molar-refractivity contribution in [3.05, 3.63) is 47.5 Å². The molecule has 0 aliphatic heterocycles. The zero-order valence-electron chi connectivity index (χ0n) is 32.0. The van der Waals surface area contributed by atoms with Crippen molar-refractivity contribution in [2.75, 3.05) is 128 Å². The summed E-state index contributed by atoms with van der Waals surface area (Å²) >= 11 is 0. The van der Waals surface area contributed by atoms with Crippen LogP contribution in [0.3, 0.4) is 0 Å². The first kappa shape index (κ1) is 44.0. The topological polar surface area (TPSA) is 119 Å². The van der Waals surface area contributed by atoms with E-state index in [1.165, 1.54) is 0 Å². The van der Waals surface area contributed by atoms with Crippen molar-refractivity contribution in [2.24, 2.45) is 5.92 Å². The number of rotatable bonds is 31. The van der Waals surface area contributed by atoms with Gasteiger partial charge in [0.05, 0.1) is 91.8 Å². The van der Waals surface area contributed by atoms with Crippen LogP contribution in [-0.4, -0.2) is 133 Å². The predicted octanol–water partition coefficient (Wildman–Crippen LogP) is 5.19. The molecule has 0 amide bonds. The van der Waals surface area contributed by atoms with Crippen molar-refractivity contribution >= 4 is 0 Å². The number of benzene rings is 2. The lowest BCUT2D eigenvalue weighted by atomic mass is 9.69. The standard InChI is InChI=1S/C39H62N2O10/c1-32(2)39(31-40,34-10-12-36(38(30-34)45-7)51-28-26-49-24-22-47-20-18-43-5)14-8-15-41(3)16-13-33-9-11-35(37(29-33)44-6)50-27-25-48-23-21-46-19-17-42-4/h9-12,29-30,32H,8,13-28H2,1-7H3. The summed E-state index contributed by atoms with van der Waals surface area (Å²) in [5.74, 6) is 2.72. The summed E-state index contributed by atoms with van der Waals surface area (Å²) in [6.45, 7) is 11.9. The summed E-state index contributed by atoms with van der Waals surface area (Å²) in [5, 5.41) is 10.5. The van der Waals surface area contributed by atoms with E-state index < -0.39 is 5.41 Å². The van der Waals surface area contributed by atoms with Crippen LogP contribution >= 0.6 is 0 Å². The lowest BCUT2D eigenvalue weighted by molar-refractivity contribution is 0.0178. The minimum Gasteiger partial charge on any atom is -0.493 e. The molecule has 288 valence electrons. The van der Waals surface area contributed by atoms with Crippen LogP contribution < -0.4 is 18.9 Å². The molecule has 1 unspecified atom stereocenters. The molecule has 2 aromatic rings. The van der Waals surface area contributed by atoms with Gasteiger partial charge in [-0.1, -0.05) is 26.0 Å². The summed E-state index contributed by atoms with van der Waals surface area (Å²) in [7, 11) is 8.68. The fourth-order valence-corrected chi connectivity index (χ4v) is 5.48. The molecule has 0 spiro atoms. The first-order valence-electron chi connectivity index (χ1n) is 17.8. The maximum atomic E-state index is 10.5. The van der Waals surface area contributed by atoms with Crippen LogP contribution in [0.4, 0.5) is 0 Å². The average molecular weight is 719 g/mol. The second kappa shape index (κ2) is 26.6. The lowest BCUT2D eigenvalue weighted by Crippen LogP contribution is -2.32. The van der Waals surface area contributed by atoms with Gasteiger partial charge in [-0.3, -0.25) is 0 Å². The molecular formula is C39H62N2O10. The summed E-state index contributed by atoms with van der Waals surface area (Å²) in [4.78, 5) is 2.31. The van der Waals surface area contributed by atoms with Crippen LogP contribution in [0.2, 0.25) is 0 Å². The quantitative estimate of drug-likeness (QED) is 0.0955. The summed E-state index contributed by atoms with van der Waals surface area (Å²) < 4.78 is 55.0. The van der Waals surface area contributed by atoms with E-state index in [2.05, 4.69) is 37.9 Å². The van der Waals surface area contributed by atoms with Gasteiger partial charge in [0.2, 0.25) is 0 Å². The van der Waals surface area contributed by atoms with Gasteiger partial charge >= 0.3 is 0 Å². The Labute approximate surface area is 306 Å². The fourth-order valence-electron chi connectivity index (χ4n) is 5.48. The third kappa shape index (κ3) is 16.4. The molecule has 0 aromatic heterocycles. The summed E-state index contributed by atoms with van der Waals surface area (Å²) in [6, 6.07) is 14.6. The van der Waals surface area contributed by atoms with E-state index in [0.29, 0.717) is 102 Å². The number of nitriles is 1. The molecule has 0 radical (unpaired) electrons. The Hall–Kier alpha value is -3.15. The predicted molar refractivity (Wildman–Crippen MR) is 197 cm³/mol. The molecule has 12 nitrogen and oxygen atoms in total. The van der Waals surface area contributed by atoms with Crippen LogP contribution in [0.25, 0.3) is 0 Å². The molecule has 0 saturated heterocycles. The van der Waals surface area contributed by atoms with Crippen LogP contribution in [0, 0.1) is 17.2 Å². The Balaban J connectivity index is 1.83. The SMILES string of the molecule is COCCOCCOCCOc1ccc(CCN(C)CCCC(C#N)(c2ccc(OCCOCCOCCOC)c(OC)c2)C(C)C)cc1OC. The van der Waals surface area contributed by atoms with E-state index in [4.69, 9.17) is 47.4 Å². The van der Waals surface area contributed by atoms with Gasteiger partial charge in [-0.05, 0) is 74.2 Å². The van der Waals surface area contributed by atoms with Gasteiger partial charge < -0.3 is 52.3 Å². The van der Waals surface area contributed by atoms with E-state index >= 15 is 0 Å². The van der Waals surface area contributed by atoms with E-state index in [-0.39, 0.29) is 5.92 Å². The number of methoxy groups -OCH3 is 4. The van der Waals surface area contributed by atoms with E-state index in [1.54, 1.807) is 28.4 Å².